The molecule has 0 aliphatic carbocycles. The number of rotatable bonds is 5. The number of carbonyl (C=O) groups is 3. The van der Waals surface area contributed by atoms with Gasteiger partial charge in [0.1, 0.15) is 5.60 Å². The number of carboxylic acids is 1. The molecular formula is C18H29NO5. The first kappa shape index (κ1) is 20.2. The van der Waals surface area contributed by atoms with E-state index in [2.05, 4.69) is 0 Å². The predicted molar refractivity (Wildman–Crippen MR) is 90.7 cm³/mol. The van der Waals surface area contributed by atoms with Crippen LogP contribution in [-0.4, -0.2) is 46.5 Å². The van der Waals surface area contributed by atoms with Crippen molar-refractivity contribution in [2.75, 3.05) is 13.1 Å². The second-order valence-electron chi connectivity index (χ2n) is 7.98. The third-order valence-corrected chi connectivity index (χ3v) is 3.97. The Morgan fingerprint density at radius 1 is 1.12 bits per heavy atom. The summed E-state index contributed by atoms with van der Waals surface area (Å²) in [5.74, 6) is -0.944. The maximum absolute atomic E-state index is 12.1. The molecule has 1 heterocycles. The van der Waals surface area contributed by atoms with E-state index in [9.17, 15) is 14.4 Å². The molecule has 1 saturated heterocycles. The van der Waals surface area contributed by atoms with Crippen LogP contribution in [-0.2, 0) is 14.3 Å². The minimum atomic E-state index is -0.979. The summed E-state index contributed by atoms with van der Waals surface area (Å²) < 4.78 is 5.35. The van der Waals surface area contributed by atoms with E-state index in [0.717, 1.165) is 12.8 Å². The Morgan fingerprint density at radius 3 is 2.12 bits per heavy atom. The van der Waals surface area contributed by atoms with Crippen LogP contribution in [0.3, 0.4) is 0 Å². The molecule has 0 bridgehead atoms. The fraction of sp³-hybridized carbons (Fsp3) is 0.722. The minimum absolute atomic E-state index is 0.181. The van der Waals surface area contributed by atoms with Crippen LogP contribution in [0, 0.1) is 11.3 Å². The first-order valence-corrected chi connectivity index (χ1v) is 8.33. The average molecular weight is 339 g/mol. The number of ketones is 1. The van der Waals surface area contributed by atoms with Crippen molar-refractivity contribution in [2.24, 2.45) is 11.3 Å². The molecule has 0 aromatic heterocycles. The average Bonchev–Trinajstić information content (AvgIpc) is 2.42. The SMILES string of the molecule is CC(C)(C)OC(=O)N1CCC(/C=C/C(=O)C(C)(C)CC(=O)O)CC1. The lowest BCUT2D eigenvalue weighted by atomic mass is 9.83. The fourth-order valence-electron chi connectivity index (χ4n) is 2.52. The highest BCUT2D eigenvalue weighted by molar-refractivity contribution is 5.96. The molecule has 1 fully saturated rings. The Balaban J connectivity index is 2.50. The van der Waals surface area contributed by atoms with Crippen molar-refractivity contribution in [1.82, 2.24) is 4.90 Å². The first-order chi connectivity index (χ1) is 10.9. The van der Waals surface area contributed by atoms with Gasteiger partial charge in [-0.2, -0.15) is 0 Å². The summed E-state index contributed by atoms with van der Waals surface area (Å²) in [5, 5.41) is 8.85. The normalized spacial score (nSPS) is 17.1. The number of aliphatic carboxylic acids is 1. The van der Waals surface area contributed by atoms with E-state index < -0.39 is 17.0 Å². The summed E-state index contributed by atoms with van der Waals surface area (Å²) in [6.45, 7) is 9.98. The predicted octanol–water partition coefficient (Wildman–Crippen LogP) is 3.26. The largest absolute Gasteiger partial charge is 0.481 e. The summed E-state index contributed by atoms with van der Waals surface area (Å²) in [6, 6.07) is 0. The van der Waals surface area contributed by atoms with Crippen LogP contribution in [0.5, 0.6) is 0 Å². The Kier molecular flexibility index (Phi) is 6.58. The van der Waals surface area contributed by atoms with Gasteiger partial charge in [0, 0.05) is 18.5 Å². The van der Waals surface area contributed by atoms with Gasteiger partial charge in [-0.05, 0) is 45.6 Å². The molecule has 0 radical (unpaired) electrons. The Hall–Kier alpha value is -1.85. The maximum Gasteiger partial charge on any atom is 0.410 e. The van der Waals surface area contributed by atoms with Gasteiger partial charge in [-0.1, -0.05) is 19.9 Å². The highest BCUT2D eigenvalue weighted by Gasteiger charge is 2.29. The molecule has 0 atom stereocenters. The molecule has 0 aromatic rings. The Bertz CT molecular complexity index is 508. The molecule has 0 unspecified atom stereocenters. The molecule has 1 aliphatic rings. The second kappa shape index (κ2) is 7.81. The van der Waals surface area contributed by atoms with Crippen LogP contribution in [0.1, 0.15) is 53.9 Å². The molecule has 136 valence electrons. The number of hydrogen-bond acceptors (Lipinski definition) is 4. The van der Waals surface area contributed by atoms with Crippen molar-refractivity contribution in [3.8, 4) is 0 Å². The third kappa shape index (κ3) is 6.72. The Morgan fingerprint density at radius 2 is 1.67 bits per heavy atom. The number of hydrogen-bond donors (Lipinski definition) is 1. The van der Waals surface area contributed by atoms with Crippen molar-refractivity contribution < 1.29 is 24.2 Å². The van der Waals surface area contributed by atoms with Crippen LogP contribution in [0.4, 0.5) is 4.79 Å². The van der Waals surface area contributed by atoms with E-state index in [4.69, 9.17) is 9.84 Å². The monoisotopic (exact) mass is 339 g/mol. The summed E-state index contributed by atoms with van der Waals surface area (Å²) in [7, 11) is 0. The van der Waals surface area contributed by atoms with Crippen LogP contribution in [0.2, 0.25) is 0 Å². The number of piperidine rings is 1. The van der Waals surface area contributed by atoms with E-state index in [-0.39, 0.29) is 24.2 Å². The highest BCUT2D eigenvalue weighted by atomic mass is 16.6. The van der Waals surface area contributed by atoms with Crippen molar-refractivity contribution in [2.45, 2.75) is 59.5 Å². The zero-order valence-electron chi connectivity index (χ0n) is 15.3. The van der Waals surface area contributed by atoms with E-state index in [1.165, 1.54) is 6.08 Å². The standard InChI is InChI=1S/C18H29NO5/c1-17(2,3)24-16(23)19-10-8-13(9-11-19)6-7-14(20)18(4,5)12-15(21)22/h6-7,13H,8-12H2,1-5H3,(H,21,22)/b7-6+. The molecule has 6 heteroatoms. The van der Waals surface area contributed by atoms with Crippen LogP contribution >= 0.6 is 0 Å². The number of ether oxygens (including phenoxy) is 1. The van der Waals surface area contributed by atoms with E-state index in [1.54, 1.807) is 18.7 Å². The molecule has 1 N–H and O–H groups in total. The minimum Gasteiger partial charge on any atom is -0.481 e. The van der Waals surface area contributed by atoms with Crippen LogP contribution in [0.15, 0.2) is 12.2 Å². The quantitative estimate of drug-likeness (QED) is 0.777. The van der Waals surface area contributed by atoms with Crippen LogP contribution in [0.25, 0.3) is 0 Å². The van der Waals surface area contributed by atoms with Gasteiger partial charge in [-0.25, -0.2) is 4.79 Å². The smallest absolute Gasteiger partial charge is 0.410 e. The number of carboxylic acid groups (broad SMARTS) is 1. The number of amides is 1. The lowest BCUT2D eigenvalue weighted by Gasteiger charge is -2.32. The van der Waals surface area contributed by atoms with Gasteiger partial charge >= 0.3 is 12.1 Å². The number of likely N-dealkylation sites (tertiary alicyclic amines) is 1. The molecule has 0 aromatic carbocycles. The van der Waals surface area contributed by atoms with Gasteiger partial charge in [-0.15, -0.1) is 0 Å². The van der Waals surface area contributed by atoms with Crippen LogP contribution < -0.4 is 0 Å². The van der Waals surface area contributed by atoms with E-state index >= 15 is 0 Å². The first-order valence-electron chi connectivity index (χ1n) is 8.33. The molecule has 1 rings (SSSR count). The molecule has 0 spiro atoms. The molecule has 0 saturated carbocycles. The lowest BCUT2D eigenvalue weighted by molar-refractivity contribution is -0.142. The van der Waals surface area contributed by atoms with E-state index in [0.29, 0.717) is 13.1 Å². The lowest BCUT2D eigenvalue weighted by Crippen LogP contribution is -2.41. The maximum atomic E-state index is 12.1. The number of allylic oxidation sites excluding steroid dienone is 2. The molecule has 1 amide bonds. The number of nitrogens with zero attached hydrogens (tertiary/aromatic N) is 1. The van der Waals surface area contributed by atoms with Crippen molar-refractivity contribution in [3.63, 3.8) is 0 Å². The zero-order valence-corrected chi connectivity index (χ0v) is 15.3. The van der Waals surface area contributed by atoms with Gasteiger partial charge in [0.25, 0.3) is 0 Å². The number of carbonyl (C=O) groups excluding carboxylic acids is 2. The van der Waals surface area contributed by atoms with Gasteiger partial charge < -0.3 is 14.7 Å². The van der Waals surface area contributed by atoms with Crippen molar-refractivity contribution >= 4 is 17.8 Å². The van der Waals surface area contributed by atoms with Crippen molar-refractivity contribution in [1.29, 1.82) is 0 Å². The summed E-state index contributed by atoms with van der Waals surface area (Å²) >= 11 is 0. The summed E-state index contributed by atoms with van der Waals surface area (Å²) in [4.78, 5) is 36.6. The van der Waals surface area contributed by atoms with Gasteiger partial charge in [0.05, 0.1) is 6.42 Å². The molecular weight excluding hydrogens is 310 g/mol. The molecule has 1 aliphatic heterocycles. The van der Waals surface area contributed by atoms with Gasteiger partial charge in [0.2, 0.25) is 0 Å². The van der Waals surface area contributed by atoms with E-state index in [1.807, 2.05) is 26.8 Å². The van der Waals surface area contributed by atoms with Crippen molar-refractivity contribution in [3.05, 3.63) is 12.2 Å². The topological polar surface area (TPSA) is 83.9 Å². The summed E-state index contributed by atoms with van der Waals surface area (Å²) in [5.41, 5.74) is -1.41. The molecule has 24 heavy (non-hydrogen) atoms. The molecule has 6 nitrogen and oxygen atoms in total. The Labute approximate surface area is 143 Å². The van der Waals surface area contributed by atoms with Gasteiger partial charge in [0.15, 0.2) is 5.78 Å². The fourth-order valence-corrected chi connectivity index (χ4v) is 2.52. The second-order valence-corrected chi connectivity index (χ2v) is 7.98. The zero-order chi connectivity index (χ0) is 18.5. The third-order valence-electron chi connectivity index (χ3n) is 3.97. The van der Waals surface area contributed by atoms with Gasteiger partial charge in [-0.3, -0.25) is 9.59 Å². The summed E-state index contributed by atoms with van der Waals surface area (Å²) in [6.07, 6.45) is 4.39. The highest BCUT2D eigenvalue weighted by Crippen LogP contribution is 2.24.